The Morgan fingerprint density at radius 3 is 1.50 bits per heavy atom. The van der Waals surface area contributed by atoms with Crippen molar-refractivity contribution in [3.05, 3.63) is 37.2 Å². The average Bonchev–Trinajstić information content (AvgIpc) is 3.25. The molecule has 0 spiro atoms. The number of fused-ring (bicyclic) bond motifs is 2. The standard InChI is InChI=1S/C18H20N8/c1-23-11-21-15-13(23)3-5-19-17(15)25-7-9-26(10-8-25)18-16-14(4-6-20-18)24(2)12-22-16/h3-6,11-12H,7-10H2,1-2H3. The molecule has 0 unspecified atom stereocenters. The smallest absolute Gasteiger partial charge is 0.156 e. The molecule has 4 aromatic heterocycles. The fraction of sp³-hybridized carbons (Fsp3) is 0.333. The molecule has 0 N–H and O–H groups in total. The van der Waals surface area contributed by atoms with Crippen LogP contribution >= 0.6 is 0 Å². The van der Waals surface area contributed by atoms with Crippen molar-refractivity contribution >= 4 is 33.7 Å². The first-order valence-electron chi connectivity index (χ1n) is 8.74. The predicted molar refractivity (Wildman–Crippen MR) is 101 cm³/mol. The van der Waals surface area contributed by atoms with Gasteiger partial charge in [0.05, 0.1) is 23.7 Å². The molecule has 5 heterocycles. The van der Waals surface area contributed by atoms with E-state index in [1.165, 1.54) is 0 Å². The van der Waals surface area contributed by atoms with Crippen LogP contribution in [-0.4, -0.2) is 55.2 Å². The van der Waals surface area contributed by atoms with Crippen LogP contribution in [0.1, 0.15) is 0 Å². The SMILES string of the molecule is Cn1cnc2c(N3CCN(c4nccc5c4ncn5C)CC3)nccc21. The van der Waals surface area contributed by atoms with Crippen LogP contribution in [0.2, 0.25) is 0 Å². The number of aryl methyl sites for hydroxylation is 2. The lowest BCUT2D eigenvalue weighted by Gasteiger charge is -2.36. The van der Waals surface area contributed by atoms with Crippen LogP contribution < -0.4 is 9.80 Å². The summed E-state index contributed by atoms with van der Waals surface area (Å²) < 4.78 is 4.06. The van der Waals surface area contributed by atoms with Gasteiger partial charge in [-0.15, -0.1) is 0 Å². The average molecular weight is 348 g/mol. The highest BCUT2D eigenvalue weighted by molar-refractivity contribution is 5.88. The van der Waals surface area contributed by atoms with Gasteiger partial charge in [-0.25, -0.2) is 19.9 Å². The van der Waals surface area contributed by atoms with Gasteiger partial charge in [-0.1, -0.05) is 0 Å². The van der Waals surface area contributed by atoms with Gasteiger partial charge in [-0.3, -0.25) is 0 Å². The Morgan fingerprint density at radius 2 is 1.08 bits per heavy atom. The molecule has 0 saturated carbocycles. The summed E-state index contributed by atoms with van der Waals surface area (Å²) in [4.78, 5) is 22.9. The minimum atomic E-state index is 0.883. The van der Waals surface area contributed by atoms with E-state index in [0.29, 0.717) is 0 Å². The minimum absolute atomic E-state index is 0.883. The summed E-state index contributed by atoms with van der Waals surface area (Å²) in [5.41, 5.74) is 4.15. The maximum absolute atomic E-state index is 4.60. The lowest BCUT2D eigenvalue weighted by molar-refractivity contribution is 0.644. The molecule has 1 aliphatic heterocycles. The van der Waals surface area contributed by atoms with Crippen LogP contribution in [0.4, 0.5) is 11.6 Å². The van der Waals surface area contributed by atoms with E-state index in [9.17, 15) is 0 Å². The van der Waals surface area contributed by atoms with E-state index in [1.54, 1.807) is 0 Å². The molecular formula is C18H20N8. The first kappa shape index (κ1) is 15.1. The highest BCUT2D eigenvalue weighted by Crippen LogP contribution is 2.27. The molecule has 0 atom stereocenters. The fourth-order valence-corrected chi connectivity index (χ4v) is 3.69. The van der Waals surface area contributed by atoms with Crippen molar-refractivity contribution in [2.24, 2.45) is 14.1 Å². The van der Waals surface area contributed by atoms with Crippen molar-refractivity contribution in [2.75, 3.05) is 36.0 Å². The molecule has 0 radical (unpaired) electrons. The number of aromatic nitrogens is 6. The Labute approximate surface area is 150 Å². The zero-order chi connectivity index (χ0) is 17.7. The molecule has 1 fully saturated rings. The lowest BCUT2D eigenvalue weighted by atomic mass is 10.2. The van der Waals surface area contributed by atoms with Crippen LogP contribution in [0, 0.1) is 0 Å². The Morgan fingerprint density at radius 1 is 0.654 bits per heavy atom. The number of rotatable bonds is 2. The normalized spacial score (nSPS) is 15.3. The van der Waals surface area contributed by atoms with E-state index in [1.807, 2.05) is 60.4 Å². The van der Waals surface area contributed by atoms with Gasteiger partial charge in [0.25, 0.3) is 0 Å². The van der Waals surface area contributed by atoms with Gasteiger partial charge in [0.15, 0.2) is 11.6 Å². The summed E-state index contributed by atoms with van der Waals surface area (Å²) in [5.74, 6) is 1.93. The maximum Gasteiger partial charge on any atom is 0.156 e. The second kappa shape index (κ2) is 5.69. The number of piperazine rings is 1. The summed E-state index contributed by atoms with van der Waals surface area (Å²) >= 11 is 0. The highest BCUT2D eigenvalue weighted by atomic mass is 15.3. The third kappa shape index (κ3) is 2.22. The fourth-order valence-electron chi connectivity index (χ4n) is 3.69. The molecule has 1 aliphatic rings. The molecule has 0 amide bonds. The first-order chi connectivity index (χ1) is 12.7. The molecule has 8 nitrogen and oxygen atoms in total. The third-order valence-electron chi connectivity index (χ3n) is 5.13. The maximum atomic E-state index is 4.60. The number of pyridine rings is 2. The lowest BCUT2D eigenvalue weighted by Crippen LogP contribution is -2.47. The first-order valence-corrected chi connectivity index (χ1v) is 8.74. The Bertz CT molecular complexity index is 999. The van der Waals surface area contributed by atoms with Crippen molar-refractivity contribution in [1.29, 1.82) is 0 Å². The molecule has 26 heavy (non-hydrogen) atoms. The monoisotopic (exact) mass is 348 g/mol. The van der Waals surface area contributed by atoms with E-state index < -0.39 is 0 Å². The van der Waals surface area contributed by atoms with Gasteiger partial charge in [0, 0.05) is 52.7 Å². The van der Waals surface area contributed by atoms with E-state index in [4.69, 9.17) is 0 Å². The van der Waals surface area contributed by atoms with Gasteiger partial charge in [0.2, 0.25) is 0 Å². The quantitative estimate of drug-likeness (QED) is 0.548. The van der Waals surface area contributed by atoms with E-state index in [0.717, 1.165) is 59.9 Å². The molecule has 5 rings (SSSR count). The van der Waals surface area contributed by atoms with Crippen LogP contribution in [0.25, 0.3) is 22.1 Å². The van der Waals surface area contributed by atoms with Crippen LogP contribution in [0.3, 0.4) is 0 Å². The summed E-state index contributed by atoms with van der Waals surface area (Å²) in [6.45, 7) is 3.53. The number of hydrogen-bond acceptors (Lipinski definition) is 6. The van der Waals surface area contributed by atoms with Crippen molar-refractivity contribution < 1.29 is 0 Å². The zero-order valence-electron chi connectivity index (χ0n) is 14.9. The van der Waals surface area contributed by atoms with Gasteiger partial charge < -0.3 is 18.9 Å². The Balaban J connectivity index is 1.42. The number of anilines is 2. The van der Waals surface area contributed by atoms with Crippen molar-refractivity contribution in [2.45, 2.75) is 0 Å². The topological polar surface area (TPSA) is 67.9 Å². The largest absolute Gasteiger partial charge is 0.351 e. The zero-order valence-corrected chi connectivity index (χ0v) is 14.9. The molecule has 8 heteroatoms. The van der Waals surface area contributed by atoms with E-state index in [2.05, 4.69) is 29.7 Å². The van der Waals surface area contributed by atoms with E-state index >= 15 is 0 Å². The third-order valence-corrected chi connectivity index (χ3v) is 5.13. The second-order valence-electron chi connectivity index (χ2n) is 6.69. The molecule has 132 valence electrons. The Kier molecular flexibility index (Phi) is 3.31. The van der Waals surface area contributed by atoms with Gasteiger partial charge >= 0.3 is 0 Å². The molecule has 1 saturated heterocycles. The van der Waals surface area contributed by atoms with Gasteiger partial charge in [0.1, 0.15) is 11.0 Å². The number of nitrogens with zero attached hydrogens (tertiary/aromatic N) is 8. The van der Waals surface area contributed by atoms with Gasteiger partial charge in [-0.05, 0) is 12.1 Å². The van der Waals surface area contributed by atoms with Crippen molar-refractivity contribution in [1.82, 2.24) is 29.1 Å². The van der Waals surface area contributed by atoms with Crippen LogP contribution in [0.15, 0.2) is 37.2 Å². The van der Waals surface area contributed by atoms with Crippen LogP contribution in [0.5, 0.6) is 0 Å². The van der Waals surface area contributed by atoms with Gasteiger partial charge in [-0.2, -0.15) is 0 Å². The van der Waals surface area contributed by atoms with Crippen LogP contribution in [-0.2, 0) is 14.1 Å². The summed E-state index contributed by atoms with van der Waals surface area (Å²) in [6, 6.07) is 4.02. The van der Waals surface area contributed by atoms with Crippen molar-refractivity contribution in [3.8, 4) is 0 Å². The van der Waals surface area contributed by atoms with E-state index in [-0.39, 0.29) is 0 Å². The summed E-state index contributed by atoms with van der Waals surface area (Å²) in [7, 11) is 4.02. The molecule has 0 aromatic carbocycles. The molecule has 4 aromatic rings. The second-order valence-corrected chi connectivity index (χ2v) is 6.69. The molecule has 0 bridgehead atoms. The summed E-state index contributed by atoms with van der Waals surface area (Å²) in [5, 5.41) is 0. The molecular weight excluding hydrogens is 328 g/mol. The van der Waals surface area contributed by atoms with Crippen molar-refractivity contribution in [3.63, 3.8) is 0 Å². The Hall–Kier alpha value is -3.16. The molecule has 0 aliphatic carbocycles. The minimum Gasteiger partial charge on any atom is -0.351 e. The summed E-state index contributed by atoms with van der Waals surface area (Å²) in [6.07, 6.45) is 7.42. The number of imidazole rings is 2. The number of hydrogen-bond donors (Lipinski definition) is 0. The predicted octanol–water partition coefficient (Wildman–Crippen LogP) is 1.58. The highest BCUT2D eigenvalue weighted by Gasteiger charge is 2.23.